The molecule has 1 atom stereocenters. The van der Waals surface area contributed by atoms with Crippen LogP contribution in [0.3, 0.4) is 0 Å². The molecule has 0 spiro atoms. The van der Waals surface area contributed by atoms with Gasteiger partial charge in [0.05, 0.1) is 0 Å². The number of carbonyl (C=O) groups excluding carboxylic acids is 1. The number of fused-ring (bicyclic) bond motifs is 1. The lowest BCUT2D eigenvalue weighted by Crippen LogP contribution is -2.38. The summed E-state index contributed by atoms with van der Waals surface area (Å²) < 4.78 is 6.01. The Hall–Kier alpha value is -1.77. The summed E-state index contributed by atoms with van der Waals surface area (Å²) in [5, 5.41) is 3.06. The smallest absolute Gasteiger partial charge is 0.261 e. The molecule has 3 nitrogen and oxygen atoms in total. The van der Waals surface area contributed by atoms with Crippen molar-refractivity contribution in [1.29, 1.82) is 0 Å². The SMILES string of the molecule is CC[C@@H](Oc1ccc2c(c1)CCCC2)C(=O)NCCC1=CCCCC1. The van der Waals surface area contributed by atoms with Crippen LogP contribution in [0.1, 0.15) is 69.4 Å². The van der Waals surface area contributed by atoms with Gasteiger partial charge < -0.3 is 10.1 Å². The lowest BCUT2D eigenvalue weighted by atomic mass is 9.92. The number of nitrogens with one attached hydrogen (secondary N) is 1. The van der Waals surface area contributed by atoms with Gasteiger partial charge in [-0.1, -0.05) is 24.6 Å². The van der Waals surface area contributed by atoms with Crippen molar-refractivity contribution in [2.45, 2.75) is 77.2 Å². The lowest BCUT2D eigenvalue weighted by Gasteiger charge is -2.21. The monoisotopic (exact) mass is 341 g/mol. The van der Waals surface area contributed by atoms with E-state index in [1.165, 1.54) is 61.6 Å². The Bertz CT molecular complexity index is 620. The normalized spacial score (nSPS) is 18.0. The Morgan fingerprint density at radius 2 is 1.92 bits per heavy atom. The minimum absolute atomic E-state index is 0.0108. The third-order valence-corrected chi connectivity index (χ3v) is 5.39. The zero-order valence-electron chi connectivity index (χ0n) is 15.5. The minimum Gasteiger partial charge on any atom is -0.481 e. The summed E-state index contributed by atoms with van der Waals surface area (Å²) >= 11 is 0. The van der Waals surface area contributed by atoms with Crippen LogP contribution in [0.5, 0.6) is 5.75 Å². The number of aryl methyl sites for hydroxylation is 2. The zero-order valence-corrected chi connectivity index (χ0v) is 15.5. The Labute approximate surface area is 151 Å². The number of rotatable bonds is 7. The molecule has 136 valence electrons. The minimum atomic E-state index is -0.401. The third kappa shape index (κ3) is 5.10. The molecule has 1 amide bonds. The van der Waals surface area contributed by atoms with Crippen molar-refractivity contribution in [1.82, 2.24) is 5.32 Å². The van der Waals surface area contributed by atoms with Crippen molar-refractivity contribution in [2.24, 2.45) is 0 Å². The number of allylic oxidation sites excluding steroid dienone is 1. The molecule has 3 rings (SSSR count). The molecule has 1 aromatic rings. The van der Waals surface area contributed by atoms with Crippen LogP contribution in [0.4, 0.5) is 0 Å². The van der Waals surface area contributed by atoms with Crippen LogP contribution in [0.25, 0.3) is 0 Å². The molecule has 0 bridgehead atoms. The fourth-order valence-electron chi connectivity index (χ4n) is 3.86. The van der Waals surface area contributed by atoms with E-state index in [-0.39, 0.29) is 5.91 Å². The van der Waals surface area contributed by atoms with Crippen LogP contribution in [0, 0.1) is 0 Å². The van der Waals surface area contributed by atoms with E-state index in [1.54, 1.807) is 0 Å². The predicted molar refractivity (Wildman–Crippen MR) is 102 cm³/mol. The van der Waals surface area contributed by atoms with E-state index >= 15 is 0 Å². The summed E-state index contributed by atoms with van der Waals surface area (Å²) in [6.07, 6.45) is 13.4. The highest BCUT2D eigenvalue weighted by atomic mass is 16.5. The third-order valence-electron chi connectivity index (χ3n) is 5.39. The number of hydrogen-bond donors (Lipinski definition) is 1. The van der Waals surface area contributed by atoms with Crippen molar-refractivity contribution in [3.05, 3.63) is 41.0 Å². The highest BCUT2D eigenvalue weighted by Crippen LogP contribution is 2.26. The zero-order chi connectivity index (χ0) is 17.5. The fourth-order valence-corrected chi connectivity index (χ4v) is 3.86. The second kappa shape index (κ2) is 9.07. The van der Waals surface area contributed by atoms with E-state index in [9.17, 15) is 4.79 Å². The van der Waals surface area contributed by atoms with Gasteiger partial charge in [-0.25, -0.2) is 0 Å². The van der Waals surface area contributed by atoms with Crippen molar-refractivity contribution in [2.75, 3.05) is 6.54 Å². The first-order valence-corrected chi connectivity index (χ1v) is 10.0. The van der Waals surface area contributed by atoms with Crippen LogP contribution in [0.15, 0.2) is 29.8 Å². The molecule has 0 aliphatic heterocycles. The van der Waals surface area contributed by atoms with E-state index in [2.05, 4.69) is 23.5 Å². The second-order valence-electron chi connectivity index (χ2n) is 7.30. The van der Waals surface area contributed by atoms with Gasteiger partial charge in [-0.2, -0.15) is 0 Å². The van der Waals surface area contributed by atoms with Gasteiger partial charge >= 0.3 is 0 Å². The van der Waals surface area contributed by atoms with Gasteiger partial charge in [0.15, 0.2) is 6.10 Å². The van der Waals surface area contributed by atoms with Crippen molar-refractivity contribution >= 4 is 5.91 Å². The molecular weight excluding hydrogens is 310 g/mol. The van der Waals surface area contributed by atoms with Gasteiger partial charge in [0.1, 0.15) is 5.75 Å². The quantitative estimate of drug-likeness (QED) is 0.728. The maximum absolute atomic E-state index is 12.5. The average Bonchev–Trinajstić information content (AvgIpc) is 2.66. The van der Waals surface area contributed by atoms with Crippen molar-refractivity contribution in [3.8, 4) is 5.75 Å². The van der Waals surface area contributed by atoms with Gasteiger partial charge in [-0.15, -0.1) is 0 Å². The molecule has 0 aromatic heterocycles. The molecule has 2 aliphatic rings. The summed E-state index contributed by atoms with van der Waals surface area (Å²) in [5.41, 5.74) is 4.33. The Morgan fingerprint density at radius 1 is 1.12 bits per heavy atom. The molecule has 0 heterocycles. The lowest BCUT2D eigenvalue weighted by molar-refractivity contribution is -0.128. The molecule has 1 aromatic carbocycles. The Morgan fingerprint density at radius 3 is 2.68 bits per heavy atom. The summed E-state index contributed by atoms with van der Waals surface area (Å²) in [4.78, 5) is 12.5. The Balaban J connectivity index is 1.51. The highest BCUT2D eigenvalue weighted by molar-refractivity contribution is 5.81. The van der Waals surface area contributed by atoms with Crippen molar-refractivity contribution < 1.29 is 9.53 Å². The topological polar surface area (TPSA) is 38.3 Å². The number of hydrogen-bond acceptors (Lipinski definition) is 2. The first kappa shape index (κ1) is 18.0. The van der Waals surface area contributed by atoms with Gasteiger partial charge in [0.2, 0.25) is 0 Å². The van der Waals surface area contributed by atoms with Crippen molar-refractivity contribution in [3.63, 3.8) is 0 Å². The van der Waals surface area contributed by atoms with Gasteiger partial charge in [0, 0.05) is 6.54 Å². The molecule has 3 heteroatoms. The van der Waals surface area contributed by atoms with E-state index in [0.29, 0.717) is 13.0 Å². The first-order valence-electron chi connectivity index (χ1n) is 10.0. The summed E-state index contributed by atoms with van der Waals surface area (Å²) in [7, 11) is 0. The molecule has 2 aliphatic carbocycles. The van der Waals surface area contributed by atoms with Crippen LogP contribution in [0.2, 0.25) is 0 Å². The van der Waals surface area contributed by atoms with Gasteiger partial charge in [-0.05, 0) is 87.5 Å². The van der Waals surface area contributed by atoms with E-state index in [1.807, 2.05) is 13.0 Å². The summed E-state index contributed by atoms with van der Waals surface area (Å²) in [6.45, 7) is 2.72. The molecular formula is C22H31NO2. The maximum atomic E-state index is 12.5. The van der Waals surface area contributed by atoms with Crippen LogP contribution >= 0.6 is 0 Å². The molecule has 0 fully saturated rings. The van der Waals surface area contributed by atoms with E-state index in [4.69, 9.17) is 4.74 Å². The fraction of sp³-hybridized carbons (Fsp3) is 0.591. The number of ether oxygens (including phenoxy) is 1. The van der Waals surface area contributed by atoms with Gasteiger partial charge in [-0.3, -0.25) is 4.79 Å². The molecule has 0 radical (unpaired) electrons. The number of amides is 1. The number of benzene rings is 1. The Kier molecular flexibility index (Phi) is 6.55. The van der Waals surface area contributed by atoms with Crippen LogP contribution in [-0.4, -0.2) is 18.6 Å². The highest BCUT2D eigenvalue weighted by Gasteiger charge is 2.19. The summed E-state index contributed by atoms with van der Waals surface area (Å²) in [6, 6.07) is 6.33. The van der Waals surface area contributed by atoms with Gasteiger partial charge in [0.25, 0.3) is 5.91 Å². The maximum Gasteiger partial charge on any atom is 0.261 e. The van der Waals surface area contributed by atoms with E-state index in [0.717, 1.165) is 18.6 Å². The molecule has 25 heavy (non-hydrogen) atoms. The molecule has 0 saturated carbocycles. The summed E-state index contributed by atoms with van der Waals surface area (Å²) in [5.74, 6) is 0.842. The van der Waals surface area contributed by atoms with Crippen LogP contribution in [-0.2, 0) is 17.6 Å². The average molecular weight is 341 g/mol. The molecule has 0 unspecified atom stereocenters. The predicted octanol–water partition coefficient (Wildman–Crippen LogP) is 4.73. The molecule has 1 N–H and O–H groups in total. The first-order chi connectivity index (χ1) is 12.3. The van der Waals surface area contributed by atoms with Crippen LogP contribution < -0.4 is 10.1 Å². The largest absolute Gasteiger partial charge is 0.481 e. The second-order valence-corrected chi connectivity index (χ2v) is 7.30. The van der Waals surface area contributed by atoms with E-state index < -0.39 is 6.10 Å². The number of carbonyl (C=O) groups is 1. The standard InChI is InChI=1S/C22H31NO2/c1-2-21(22(24)23-15-14-17-8-4-3-5-9-17)25-20-13-12-18-10-6-7-11-19(18)16-20/h8,12-13,16,21H,2-7,9-11,14-15H2,1H3,(H,23,24)/t21-/m1/s1. The molecule has 0 saturated heterocycles.